The van der Waals surface area contributed by atoms with E-state index in [9.17, 15) is 0 Å². The van der Waals surface area contributed by atoms with E-state index < -0.39 is 0 Å². The van der Waals surface area contributed by atoms with E-state index in [1.54, 1.807) is 7.11 Å². The van der Waals surface area contributed by atoms with Gasteiger partial charge in [-0.3, -0.25) is 0 Å². The Balaban J connectivity index is 2.27. The SMILES string of the molecule is COCOc1ccccc1C(N)c1ccccc1. The predicted octanol–water partition coefficient (Wildman–Crippen LogP) is 2.72. The molecule has 0 aliphatic carbocycles. The zero-order valence-electron chi connectivity index (χ0n) is 10.4. The van der Waals surface area contributed by atoms with Crippen LogP contribution in [0.2, 0.25) is 0 Å². The Bertz CT molecular complexity index is 485. The molecule has 1 atom stereocenters. The van der Waals surface area contributed by atoms with Crippen LogP contribution in [-0.4, -0.2) is 13.9 Å². The molecule has 0 saturated carbocycles. The van der Waals surface area contributed by atoms with Gasteiger partial charge in [0.05, 0.1) is 6.04 Å². The first-order valence-electron chi connectivity index (χ1n) is 5.84. The minimum atomic E-state index is -0.195. The number of methoxy groups -OCH3 is 1. The molecule has 18 heavy (non-hydrogen) atoms. The summed E-state index contributed by atoms with van der Waals surface area (Å²) in [7, 11) is 1.60. The molecular weight excluding hydrogens is 226 g/mol. The van der Waals surface area contributed by atoms with Gasteiger partial charge in [0, 0.05) is 12.7 Å². The van der Waals surface area contributed by atoms with Crippen LogP contribution in [0.5, 0.6) is 5.75 Å². The van der Waals surface area contributed by atoms with E-state index in [-0.39, 0.29) is 12.8 Å². The molecule has 2 aromatic rings. The lowest BCUT2D eigenvalue weighted by Crippen LogP contribution is -2.13. The second kappa shape index (κ2) is 6.19. The van der Waals surface area contributed by atoms with Crippen LogP contribution in [0.3, 0.4) is 0 Å². The maximum absolute atomic E-state index is 6.27. The molecule has 2 rings (SSSR count). The van der Waals surface area contributed by atoms with Crippen LogP contribution in [0.15, 0.2) is 54.6 Å². The first-order chi connectivity index (χ1) is 8.83. The fraction of sp³-hybridized carbons (Fsp3) is 0.200. The molecule has 2 N–H and O–H groups in total. The van der Waals surface area contributed by atoms with Gasteiger partial charge in [0.2, 0.25) is 0 Å². The second-order valence-corrected chi connectivity index (χ2v) is 3.98. The molecule has 0 fully saturated rings. The zero-order chi connectivity index (χ0) is 12.8. The predicted molar refractivity (Wildman–Crippen MR) is 71.4 cm³/mol. The number of para-hydroxylation sites is 1. The summed E-state index contributed by atoms with van der Waals surface area (Å²) in [5.41, 5.74) is 8.29. The van der Waals surface area contributed by atoms with E-state index in [0.717, 1.165) is 16.9 Å². The summed E-state index contributed by atoms with van der Waals surface area (Å²) >= 11 is 0. The van der Waals surface area contributed by atoms with Crippen molar-refractivity contribution in [3.8, 4) is 5.75 Å². The highest BCUT2D eigenvalue weighted by Crippen LogP contribution is 2.27. The van der Waals surface area contributed by atoms with Gasteiger partial charge < -0.3 is 15.2 Å². The van der Waals surface area contributed by atoms with Crippen molar-refractivity contribution in [3.63, 3.8) is 0 Å². The van der Waals surface area contributed by atoms with Gasteiger partial charge in [-0.1, -0.05) is 48.5 Å². The average molecular weight is 243 g/mol. The van der Waals surface area contributed by atoms with Crippen molar-refractivity contribution in [1.82, 2.24) is 0 Å². The highest BCUT2D eigenvalue weighted by molar-refractivity contribution is 5.41. The molecule has 0 heterocycles. The van der Waals surface area contributed by atoms with Crippen LogP contribution in [-0.2, 0) is 4.74 Å². The van der Waals surface area contributed by atoms with Gasteiger partial charge in [0.25, 0.3) is 0 Å². The van der Waals surface area contributed by atoms with Gasteiger partial charge in [-0.05, 0) is 11.6 Å². The van der Waals surface area contributed by atoms with Crippen molar-refractivity contribution in [3.05, 3.63) is 65.7 Å². The summed E-state index contributed by atoms with van der Waals surface area (Å²) in [6, 6.07) is 17.5. The molecule has 3 nitrogen and oxygen atoms in total. The van der Waals surface area contributed by atoms with E-state index >= 15 is 0 Å². The zero-order valence-corrected chi connectivity index (χ0v) is 10.4. The summed E-state index contributed by atoms with van der Waals surface area (Å²) in [5.74, 6) is 0.760. The average Bonchev–Trinajstić information content (AvgIpc) is 2.45. The molecule has 0 aromatic heterocycles. The normalized spacial score (nSPS) is 12.1. The van der Waals surface area contributed by atoms with Gasteiger partial charge in [0.1, 0.15) is 5.75 Å². The van der Waals surface area contributed by atoms with Gasteiger partial charge in [-0.2, -0.15) is 0 Å². The summed E-state index contributed by atoms with van der Waals surface area (Å²) in [6.45, 7) is 0.221. The minimum Gasteiger partial charge on any atom is -0.467 e. The molecule has 0 aliphatic rings. The largest absolute Gasteiger partial charge is 0.467 e. The third-order valence-corrected chi connectivity index (χ3v) is 2.75. The maximum atomic E-state index is 6.27. The smallest absolute Gasteiger partial charge is 0.188 e. The molecule has 0 saturated heterocycles. The van der Waals surface area contributed by atoms with Crippen LogP contribution < -0.4 is 10.5 Å². The molecule has 0 radical (unpaired) electrons. The van der Waals surface area contributed by atoms with E-state index in [1.807, 2.05) is 54.6 Å². The molecule has 1 unspecified atom stereocenters. The van der Waals surface area contributed by atoms with E-state index in [2.05, 4.69) is 0 Å². The Kier molecular flexibility index (Phi) is 4.34. The summed E-state index contributed by atoms with van der Waals surface area (Å²) < 4.78 is 10.4. The molecule has 0 amide bonds. The van der Waals surface area contributed by atoms with Crippen molar-refractivity contribution in [1.29, 1.82) is 0 Å². The van der Waals surface area contributed by atoms with Crippen molar-refractivity contribution < 1.29 is 9.47 Å². The standard InChI is InChI=1S/C15H17NO2/c1-17-11-18-14-10-6-5-9-13(14)15(16)12-7-3-2-4-8-12/h2-10,15H,11,16H2,1H3. The van der Waals surface area contributed by atoms with Crippen molar-refractivity contribution >= 4 is 0 Å². The van der Waals surface area contributed by atoms with Crippen molar-refractivity contribution in [2.45, 2.75) is 6.04 Å². The highest BCUT2D eigenvalue weighted by atomic mass is 16.7. The fourth-order valence-electron chi connectivity index (χ4n) is 1.83. The quantitative estimate of drug-likeness (QED) is 0.821. The van der Waals surface area contributed by atoms with Crippen molar-refractivity contribution in [2.24, 2.45) is 5.73 Å². The number of hydrogen-bond acceptors (Lipinski definition) is 3. The first-order valence-corrected chi connectivity index (χ1v) is 5.84. The third-order valence-electron chi connectivity index (χ3n) is 2.75. The van der Waals surface area contributed by atoms with Crippen LogP contribution >= 0.6 is 0 Å². The molecule has 3 heteroatoms. The number of benzene rings is 2. The fourth-order valence-corrected chi connectivity index (χ4v) is 1.83. The maximum Gasteiger partial charge on any atom is 0.188 e. The lowest BCUT2D eigenvalue weighted by atomic mass is 9.99. The van der Waals surface area contributed by atoms with Crippen LogP contribution in [0.25, 0.3) is 0 Å². The van der Waals surface area contributed by atoms with Crippen LogP contribution in [0, 0.1) is 0 Å². The topological polar surface area (TPSA) is 44.5 Å². The van der Waals surface area contributed by atoms with Gasteiger partial charge >= 0.3 is 0 Å². The molecule has 0 aliphatic heterocycles. The molecule has 0 bridgehead atoms. The Morgan fingerprint density at radius 1 is 1.00 bits per heavy atom. The summed E-state index contributed by atoms with van der Waals surface area (Å²) in [6.07, 6.45) is 0. The highest BCUT2D eigenvalue weighted by Gasteiger charge is 2.13. The Morgan fingerprint density at radius 3 is 2.39 bits per heavy atom. The first kappa shape index (κ1) is 12.6. The number of ether oxygens (including phenoxy) is 2. The van der Waals surface area contributed by atoms with E-state index in [1.165, 1.54) is 0 Å². The third kappa shape index (κ3) is 2.88. The lowest BCUT2D eigenvalue weighted by molar-refractivity contribution is 0.0503. The van der Waals surface area contributed by atoms with Gasteiger partial charge in [0.15, 0.2) is 6.79 Å². The monoisotopic (exact) mass is 243 g/mol. The van der Waals surface area contributed by atoms with Gasteiger partial charge in [-0.25, -0.2) is 0 Å². The number of rotatable bonds is 5. The number of hydrogen-bond donors (Lipinski definition) is 1. The van der Waals surface area contributed by atoms with Crippen molar-refractivity contribution in [2.75, 3.05) is 13.9 Å². The van der Waals surface area contributed by atoms with Crippen LogP contribution in [0.4, 0.5) is 0 Å². The van der Waals surface area contributed by atoms with Crippen LogP contribution in [0.1, 0.15) is 17.2 Å². The Morgan fingerprint density at radius 2 is 1.67 bits per heavy atom. The molecule has 94 valence electrons. The second-order valence-electron chi connectivity index (χ2n) is 3.98. The number of nitrogens with two attached hydrogens (primary N) is 1. The molecule has 2 aromatic carbocycles. The van der Waals surface area contributed by atoms with E-state index in [4.69, 9.17) is 15.2 Å². The molecule has 0 spiro atoms. The summed E-state index contributed by atoms with van der Waals surface area (Å²) in [4.78, 5) is 0. The minimum absolute atomic E-state index is 0.195. The van der Waals surface area contributed by atoms with Gasteiger partial charge in [-0.15, -0.1) is 0 Å². The Labute approximate surface area is 107 Å². The summed E-state index contributed by atoms with van der Waals surface area (Å²) in [5, 5.41) is 0. The lowest BCUT2D eigenvalue weighted by Gasteiger charge is -2.16. The Hall–Kier alpha value is -1.84. The van der Waals surface area contributed by atoms with E-state index in [0.29, 0.717) is 0 Å². The molecular formula is C15H17NO2.